The molecule has 2 rings (SSSR count). The zero-order valence-electron chi connectivity index (χ0n) is 13.3. The van der Waals surface area contributed by atoms with Crippen LogP contribution in [0, 0.1) is 0 Å². The molecule has 0 amide bonds. The van der Waals surface area contributed by atoms with Crippen LogP contribution in [0.25, 0.3) is 0 Å². The molecule has 5 nitrogen and oxygen atoms in total. The summed E-state index contributed by atoms with van der Waals surface area (Å²) in [6.45, 7) is 10.2. The van der Waals surface area contributed by atoms with E-state index < -0.39 is 0 Å². The van der Waals surface area contributed by atoms with E-state index in [1.54, 1.807) is 6.20 Å². The van der Waals surface area contributed by atoms with E-state index in [1.165, 1.54) is 0 Å². The normalized spacial score (nSPS) is 26.5. The molecule has 1 saturated heterocycles. The molecule has 1 fully saturated rings. The van der Waals surface area contributed by atoms with E-state index in [-0.39, 0.29) is 17.8 Å². The molecule has 0 aliphatic carbocycles. The van der Waals surface area contributed by atoms with Crippen molar-refractivity contribution in [1.29, 1.82) is 0 Å². The molecule has 1 aromatic rings. The zero-order chi connectivity index (χ0) is 15.6. The van der Waals surface area contributed by atoms with Crippen molar-refractivity contribution >= 4 is 21.9 Å². The Bertz CT molecular complexity index is 480. The van der Waals surface area contributed by atoms with Crippen LogP contribution in [0.3, 0.4) is 0 Å². The van der Waals surface area contributed by atoms with Crippen LogP contribution in [0.5, 0.6) is 5.88 Å². The summed E-state index contributed by atoms with van der Waals surface area (Å²) in [5.74, 6) is 1.16. The smallest absolute Gasteiger partial charge is 0.233 e. The summed E-state index contributed by atoms with van der Waals surface area (Å²) in [6, 6.07) is 0.326. The van der Waals surface area contributed by atoms with Gasteiger partial charge in [-0.1, -0.05) is 0 Å². The third kappa shape index (κ3) is 5.11. The van der Waals surface area contributed by atoms with Crippen molar-refractivity contribution in [2.75, 3.05) is 5.32 Å². The number of aromatic nitrogens is 2. The second kappa shape index (κ2) is 6.48. The summed E-state index contributed by atoms with van der Waals surface area (Å²) in [4.78, 5) is 8.79. The Balaban J connectivity index is 2.08. The van der Waals surface area contributed by atoms with E-state index in [4.69, 9.17) is 9.47 Å². The maximum Gasteiger partial charge on any atom is 0.233 e. The highest BCUT2D eigenvalue weighted by Gasteiger charge is 2.25. The van der Waals surface area contributed by atoms with Crippen molar-refractivity contribution in [1.82, 2.24) is 9.97 Å². The highest BCUT2D eigenvalue weighted by molar-refractivity contribution is 9.10. The van der Waals surface area contributed by atoms with E-state index in [9.17, 15) is 0 Å². The van der Waals surface area contributed by atoms with Crippen LogP contribution in [0.4, 0.5) is 5.95 Å². The van der Waals surface area contributed by atoms with Gasteiger partial charge in [0.25, 0.3) is 0 Å². The third-order valence-corrected chi connectivity index (χ3v) is 3.69. The van der Waals surface area contributed by atoms with Gasteiger partial charge >= 0.3 is 0 Å². The Kier molecular flexibility index (Phi) is 5.09. The fourth-order valence-corrected chi connectivity index (χ4v) is 2.76. The Labute approximate surface area is 135 Å². The van der Waals surface area contributed by atoms with Gasteiger partial charge in [0, 0.05) is 6.04 Å². The molecule has 2 heterocycles. The summed E-state index contributed by atoms with van der Waals surface area (Å²) >= 11 is 3.43. The first kappa shape index (κ1) is 16.5. The number of halogens is 1. The van der Waals surface area contributed by atoms with Gasteiger partial charge < -0.3 is 14.8 Å². The first-order chi connectivity index (χ1) is 9.73. The van der Waals surface area contributed by atoms with Crippen molar-refractivity contribution in [3.05, 3.63) is 10.7 Å². The lowest BCUT2D eigenvalue weighted by Crippen LogP contribution is -2.37. The van der Waals surface area contributed by atoms with Gasteiger partial charge in [0.2, 0.25) is 11.8 Å². The van der Waals surface area contributed by atoms with Gasteiger partial charge in [0.1, 0.15) is 5.60 Å². The molecular weight excluding hydrogens is 334 g/mol. The van der Waals surface area contributed by atoms with E-state index in [0.717, 1.165) is 17.3 Å². The molecule has 0 aromatic carbocycles. The minimum atomic E-state index is -0.296. The molecule has 0 radical (unpaired) electrons. The molecule has 1 aliphatic heterocycles. The number of anilines is 1. The van der Waals surface area contributed by atoms with Crippen molar-refractivity contribution in [3.63, 3.8) is 0 Å². The molecule has 118 valence electrons. The maximum atomic E-state index is 5.84. The van der Waals surface area contributed by atoms with Gasteiger partial charge in [-0.15, -0.1) is 0 Å². The lowest BCUT2D eigenvalue weighted by Gasteiger charge is -2.32. The van der Waals surface area contributed by atoms with Crippen LogP contribution in [0.2, 0.25) is 0 Å². The first-order valence-corrected chi connectivity index (χ1v) is 8.16. The van der Waals surface area contributed by atoms with Gasteiger partial charge in [-0.25, -0.2) is 4.98 Å². The van der Waals surface area contributed by atoms with Crippen LogP contribution in [-0.4, -0.2) is 33.8 Å². The molecule has 1 aromatic heterocycles. The standard InChI is InChI=1S/C15H24BrN3O2/c1-9-6-11(7-10(2)20-9)18-14-17-8-12(16)13(19-14)21-15(3,4)5/h8-11H,6-7H2,1-5H3,(H,17,18,19)/t9-,10+,11?. The zero-order valence-corrected chi connectivity index (χ0v) is 14.9. The lowest BCUT2D eigenvalue weighted by molar-refractivity contribution is -0.0338. The first-order valence-electron chi connectivity index (χ1n) is 7.36. The second-order valence-corrected chi connectivity index (χ2v) is 7.49. The molecule has 6 heteroatoms. The fourth-order valence-electron chi connectivity index (χ4n) is 2.49. The number of nitrogens with zero attached hydrogens (tertiary/aromatic N) is 2. The summed E-state index contributed by atoms with van der Waals surface area (Å²) < 4.78 is 12.4. The van der Waals surface area contributed by atoms with Gasteiger partial charge in [-0.2, -0.15) is 4.98 Å². The third-order valence-electron chi connectivity index (χ3n) is 3.15. The Morgan fingerprint density at radius 1 is 1.29 bits per heavy atom. The Morgan fingerprint density at radius 2 is 1.90 bits per heavy atom. The average molecular weight is 358 g/mol. The number of rotatable bonds is 3. The average Bonchev–Trinajstić information content (AvgIpc) is 2.30. The van der Waals surface area contributed by atoms with Crippen LogP contribution < -0.4 is 10.1 Å². The lowest BCUT2D eigenvalue weighted by atomic mass is 10.0. The quantitative estimate of drug-likeness (QED) is 0.891. The van der Waals surface area contributed by atoms with Crippen molar-refractivity contribution < 1.29 is 9.47 Å². The molecular formula is C15H24BrN3O2. The topological polar surface area (TPSA) is 56.3 Å². The fraction of sp³-hybridized carbons (Fsp3) is 0.733. The molecule has 0 bridgehead atoms. The number of ether oxygens (including phenoxy) is 2. The number of hydrogen-bond donors (Lipinski definition) is 1. The van der Waals surface area contributed by atoms with Crippen LogP contribution in [0.15, 0.2) is 10.7 Å². The SMILES string of the molecule is C[C@@H]1CC(Nc2ncc(Br)c(OC(C)(C)C)n2)C[C@H](C)O1. The molecule has 21 heavy (non-hydrogen) atoms. The largest absolute Gasteiger partial charge is 0.471 e. The number of nitrogens with one attached hydrogen (secondary N) is 1. The highest BCUT2D eigenvalue weighted by atomic mass is 79.9. The van der Waals surface area contributed by atoms with Crippen LogP contribution >= 0.6 is 15.9 Å². The van der Waals surface area contributed by atoms with Gasteiger partial charge in [0.05, 0.1) is 22.9 Å². The van der Waals surface area contributed by atoms with Crippen molar-refractivity contribution in [2.45, 2.75) is 71.3 Å². The van der Waals surface area contributed by atoms with E-state index in [0.29, 0.717) is 17.9 Å². The highest BCUT2D eigenvalue weighted by Crippen LogP contribution is 2.27. The Morgan fingerprint density at radius 3 is 2.48 bits per heavy atom. The summed E-state index contributed by atoms with van der Waals surface area (Å²) in [7, 11) is 0. The summed E-state index contributed by atoms with van der Waals surface area (Å²) in [6.07, 6.45) is 4.15. The molecule has 1 unspecified atom stereocenters. The predicted molar refractivity (Wildman–Crippen MR) is 86.8 cm³/mol. The maximum absolute atomic E-state index is 5.84. The van der Waals surface area contributed by atoms with E-state index >= 15 is 0 Å². The molecule has 1 aliphatic rings. The van der Waals surface area contributed by atoms with Gasteiger partial charge in [-0.3, -0.25) is 0 Å². The summed E-state index contributed by atoms with van der Waals surface area (Å²) in [5.41, 5.74) is -0.296. The monoisotopic (exact) mass is 357 g/mol. The summed E-state index contributed by atoms with van der Waals surface area (Å²) in [5, 5.41) is 3.39. The van der Waals surface area contributed by atoms with Gasteiger partial charge in [-0.05, 0) is 63.4 Å². The van der Waals surface area contributed by atoms with E-state index in [1.807, 2.05) is 20.8 Å². The van der Waals surface area contributed by atoms with E-state index in [2.05, 4.69) is 45.1 Å². The minimum Gasteiger partial charge on any atom is -0.471 e. The minimum absolute atomic E-state index is 0.256. The predicted octanol–water partition coefficient (Wildman–Crippen LogP) is 3.78. The van der Waals surface area contributed by atoms with Gasteiger partial charge in [0.15, 0.2) is 0 Å². The van der Waals surface area contributed by atoms with Crippen LogP contribution in [0.1, 0.15) is 47.5 Å². The van der Waals surface area contributed by atoms with Crippen molar-refractivity contribution in [2.24, 2.45) is 0 Å². The second-order valence-electron chi connectivity index (χ2n) is 6.63. The van der Waals surface area contributed by atoms with Crippen LogP contribution in [-0.2, 0) is 4.74 Å². The Hall–Kier alpha value is -0.880. The molecule has 0 saturated carbocycles. The molecule has 0 spiro atoms. The molecule has 3 atom stereocenters. The van der Waals surface area contributed by atoms with Crippen molar-refractivity contribution in [3.8, 4) is 5.88 Å². The number of hydrogen-bond acceptors (Lipinski definition) is 5. The molecule has 1 N–H and O–H groups in total.